The van der Waals surface area contributed by atoms with E-state index in [4.69, 9.17) is 4.74 Å². The second-order valence-electron chi connectivity index (χ2n) is 6.66. The molecule has 0 spiro atoms. The summed E-state index contributed by atoms with van der Waals surface area (Å²) in [5.41, 5.74) is 1.49. The van der Waals surface area contributed by atoms with Crippen molar-refractivity contribution in [1.82, 2.24) is 14.5 Å². The number of urea groups is 1. The molecule has 0 radical (unpaired) electrons. The molecule has 0 aliphatic rings. The fraction of sp³-hybridized carbons (Fsp3) is 0.238. The van der Waals surface area contributed by atoms with E-state index >= 15 is 0 Å². The van der Waals surface area contributed by atoms with Gasteiger partial charge in [0.2, 0.25) is 0 Å². The summed E-state index contributed by atoms with van der Waals surface area (Å²) in [7, 11) is 1.58. The van der Waals surface area contributed by atoms with Crippen LogP contribution in [0.2, 0.25) is 0 Å². The van der Waals surface area contributed by atoms with Gasteiger partial charge in [-0.05, 0) is 36.2 Å². The Kier molecular flexibility index (Phi) is 6.99. The highest BCUT2D eigenvalue weighted by Gasteiger charge is 2.15. The van der Waals surface area contributed by atoms with Gasteiger partial charge in [-0.3, -0.25) is 10.1 Å². The average molecular weight is 409 g/mol. The van der Waals surface area contributed by atoms with Crippen LogP contribution in [0.1, 0.15) is 12.0 Å². The lowest BCUT2D eigenvalue weighted by Gasteiger charge is -2.23. The zero-order valence-electron chi connectivity index (χ0n) is 16.6. The summed E-state index contributed by atoms with van der Waals surface area (Å²) in [6, 6.07) is 13.1. The zero-order chi connectivity index (χ0) is 21.3. The lowest BCUT2D eigenvalue weighted by molar-refractivity contribution is -0.384. The van der Waals surface area contributed by atoms with Crippen LogP contribution < -0.4 is 10.1 Å². The number of aryl methyl sites for hydroxylation is 1. The first-order valence-corrected chi connectivity index (χ1v) is 9.44. The van der Waals surface area contributed by atoms with Crippen LogP contribution in [0.4, 0.5) is 16.2 Å². The normalized spacial score (nSPS) is 10.4. The van der Waals surface area contributed by atoms with E-state index in [1.165, 1.54) is 12.1 Å². The van der Waals surface area contributed by atoms with Crippen molar-refractivity contribution in [2.45, 2.75) is 19.5 Å². The second-order valence-corrected chi connectivity index (χ2v) is 6.66. The van der Waals surface area contributed by atoms with Gasteiger partial charge in [0.25, 0.3) is 5.69 Å². The van der Waals surface area contributed by atoms with Gasteiger partial charge in [0, 0.05) is 49.8 Å². The van der Waals surface area contributed by atoms with Gasteiger partial charge in [-0.1, -0.05) is 12.1 Å². The third-order valence-electron chi connectivity index (χ3n) is 4.55. The van der Waals surface area contributed by atoms with Gasteiger partial charge in [0.05, 0.1) is 18.4 Å². The number of amides is 2. The number of ether oxygens (including phenoxy) is 1. The van der Waals surface area contributed by atoms with E-state index in [1.54, 1.807) is 60.9 Å². The Bertz CT molecular complexity index is 956. The van der Waals surface area contributed by atoms with Crippen LogP contribution >= 0.6 is 0 Å². The van der Waals surface area contributed by atoms with Gasteiger partial charge >= 0.3 is 6.03 Å². The Labute approximate surface area is 174 Å². The summed E-state index contributed by atoms with van der Waals surface area (Å²) < 4.78 is 7.09. The molecule has 2 aromatic carbocycles. The summed E-state index contributed by atoms with van der Waals surface area (Å²) in [5.74, 6) is 0.705. The molecule has 3 rings (SSSR count). The van der Waals surface area contributed by atoms with Crippen molar-refractivity contribution in [3.63, 3.8) is 0 Å². The molecule has 0 atom stereocenters. The number of hydrogen-bond acceptors (Lipinski definition) is 5. The Morgan fingerprint density at radius 2 is 1.93 bits per heavy atom. The maximum absolute atomic E-state index is 12.9. The number of imidazole rings is 1. The van der Waals surface area contributed by atoms with Crippen molar-refractivity contribution in [1.29, 1.82) is 0 Å². The van der Waals surface area contributed by atoms with Crippen LogP contribution in [0.25, 0.3) is 0 Å². The maximum atomic E-state index is 12.9. The van der Waals surface area contributed by atoms with Crippen molar-refractivity contribution >= 4 is 17.4 Å². The molecule has 2 amide bonds. The minimum absolute atomic E-state index is 0.0214. The molecule has 0 bridgehead atoms. The molecule has 9 nitrogen and oxygen atoms in total. The van der Waals surface area contributed by atoms with Gasteiger partial charge in [0.15, 0.2) is 0 Å². The van der Waals surface area contributed by atoms with Crippen LogP contribution in [-0.4, -0.2) is 39.1 Å². The number of anilines is 1. The molecule has 1 N–H and O–H groups in total. The van der Waals surface area contributed by atoms with E-state index in [9.17, 15) is 14.9 Å². The van der Waals surface area contributed by atoms with Crippen molar-refractivity contribution in [2.75, 3.05) is 19.0 Å². The fourth-order valence-corrected chi connectivity index (χ4v) is 2.94. The van der Waals surface area contributed by atoms with Gasteiger partial charge in [-0.25, -0.2) is 9.78 Å². The Hall–Kier alpha value is -3.88. The number of carbonyl (C=O) groups is 1. The minimum Gasteiger partial charge on any atom is -0.497 e. The number of nitrogens with one attached hydrogen (secondary N) is 1. The quantitative estimate of drug-likeness (QED) is 0.426. The Balaban J connectivity index is 1.67. The molecule has 1 heterocycles. The summed E-state index contributed by atoms with van der Waals surface area (Å²) in [6.45, 7) is 1.58. The summed E-state index contributed by atoms with van der Waals surface area (Å²) in [5, 5.41) is 13.8. The zero-order valence-corrected chi connectivity index (χ0v) is 16.6. The van der Waals surface area contributed by atoms with Crippen LogP contribution in [0, 0.1) is 10.1 Å². The summed E-state index contributed by atoms with van der Waals surface area (Å²) in [4.78, 5) is 29.0. The molecule has 3 aromatic rings. The molecule has 0 saturated carbocycles. The predicted molar refractivity (Wildman–Crippen MR) is 112 cm³/mol. The molecule has 0 saturated heterocycles. The number of methoxy groups -OCH3 is 1. The second kappa shape index (κ2) is 10.1. The number of nitro groups is 1. The van der Waals surface area contributed by atoms with Crippen LogP contribution in [0.3, 0.4) is 0 Å². The Morgan fingerprint density at radius 3 is 2.53 bits per heavy atom. The van der Waals surface area contributed by atoms with Gasteiger partial charge in [-0.15, -0.1) is 0 Å². The van der Waals surface area contributed by atoms with Crippen LogP contribution in [-0.2, 0) is 13.1 Å². The first-order chi connectivity index (χ1) is 14.5. The number of rotatable bonds is 9. The SMILES string of the molecule is COc1ccc(NC(=O)N(CCCn2ccnc2)Cc2ccc([N+](=O)[O-])cc2)cc1. The highest BCUT2D eigenvalue weighted by Crippen LogP contribution is 2.17. The average Bonchev–Trinajstić information content (AvgIpc) is 3.27. The van der Waals surface area contributed by atoms with Crippen molar-refractivity contribution in [2.24, 2.45) is 0 Å². The third-order valence-corrected chi connectivity index (χ3v) is 4.55. The number of benzene rings is 2. The highest BCUT2D eigenvalue weighted by molar-refractivity contribution is 5.89. The molecular formula is C21H23N5O4. The van der Waals surface area contributed by atoms with E-state index in [0.717, 1.165) is 18.5 Å². The molecule has 0 aliphatic heterocycles. The molecule has 0 aliphatic carbocycles. The molecule has 9 heteroatoms. The van der Waals surface area contributed by atoms with E-state index in [0.29, 0.717) is 24.5 Å². The molecule has 0 unspecified atom stereocenters. The van der Waals surface area contributed by atoms with Crippen molar-refractivity contribution < 1.29 is 14.5 Å². The standard InChI is InChI=1S/C21H23N5O4/c1-30-20-9-5-18(6-10-20)23-21(27)25(13-2-12-24-14-11-22-16-24)15-17-3-7-19(8-4-17)26(28)29/h3-11,14,16H,2,12-13,15H2,1H3,(H,23,27). The van der Waals surface area contributed by atoms with E-state index in [-0.39, 0.29) is 11.7 Å². The number of carbonyl (C=O) groups excluding carboxylic acids is 1. The lowest BCUT2D eigenvalue weighted by atomic mass is 10.2. The number of aromatic nitrogens is 2. The van der Waals surface area contributed by atoms with Crippen molar-refractivity contribution in [3.8, 4) is 5.75 Å². The van der Waals surface area contributed by atoms with Gasteiger partial charge in [-0.2, -0.15) is 0 Å². The largest absolute Gasteiger partial charge is 0.497 e. The topological polar surface area (TPSA) is 103 Å². The molecule has 30 heavy (non-hydrogen) atoms. The number of hydrogen-bond donors (Lipinski definition) is 1. The summed E-state index contributed by atoms with van der Waals surface area (Å²) in [6.07, 6.45) is 6.06. The molecule has 0 fully saturated rings. The minimum atomic E-state index is -0.441. The van der Waals surface area contributed by atoms with Crippen molar-refractivity contribution in [3.05, 3.63) is 82.9 Å². The van der Waals surface area contributed by atoms with E-state index in [1.807, 2.05) is 10.8 Å². The monoisotopic (exact) mass is 409 g/mol. The van der Waals surface area contributed by atoms with E-state index < -0.39 is 4.92 Å². The van der Waals surface area contributed by atoms with Crippen LogP contribution in [0.15, 0.2) is 67.3 Å². The predicted octanol–water partition coefficient (Wildman–Crippen LogP) is 3.92. The first kappa shape index (κ1) is 20.8. The maximum Gasteiger partial charge on any atom is 0.322 e. The van der Waals surface area contributed by atoms with Crippen LogP contribution in [0.5, 0.6) is 5.75 Å². The number of nitro benzene ring substituents is 1. The number of nitrogens with zero attached hydrogens (tertiary/aromatic N) is 4. The first-order valence-electron chi connectivity index (χ1n) is 9.44. The van der Waals surface area contributed by atoms with Gasteiger partial charge in [0.1, 0.15) is 5.75 Å². The van der Waals surface area contributed by atoms with E-state index in [2.05, 4.69) is 10.3 Å². The molecular weight excluding hydrogens is 386 g/mol. The Morgan fingerprint density at radius 1 is 1.20 bits per heavy atom. The summed E-state index contributed by atoms with van der Waals surface area (Å²) >= 11 is 0. The van der Waals surface area contributed by atoms with Gasteiger partial charge < -0.3 is 19.5 Å². The molecule has 1 aromatic heterocycles. The number of non-ortho nitro benzene ring substituents is 1. The highest BCUT2D eigenvalue weighted by atomic mass is 16.6. The third kappa shape index (κ3) is 5.81. The molecule has 156 valence electrons. The smallest absolute Gasteiger partial charge is 0.322 e. The lowest BCUT2D eigenvalue weighted by Crippen LogP contribution is -2.35. The fourth-order valence-electron chi connectivity index (χ4n) is 2.94.